The Balaban J connectivity index is 2.05. The summed E-state index contributed by atoms with van der Waals surface area (Å²) in [4.78, 5) is 29.5. The lowest BCUT2D eigenvalue weighted by Gasteiger charge is -2.26. The number of halogens is 1. The number of rotatable bonds is 8. The molecule has 0 saturated carbocycles. The number of ether oxygens (including phenoxy) is 1. The van der Waals surface area contributed by atoms with Gasteiger partial charge in [0.15, 0.2) is 0 Å². The van der Waals surface area contributed by atoms with Gasteiger partial charge in [0.25, 0.3) is 11.7 Å². The van der Waals surface area contributed by atoms with Gasteiger partial charge in [-0.3, -0.25) is 9.59 Å². The molecule has 2 aromatic rings. The zero-order chi connectivity index (χ0) is 22.5. The molecule has 1 atom stereocenters. The van der Waals surface area contributed by atoms with E-state index in [-0.39, 0.29) is 11.3 Å². The standard InChI is InChI=1S/C24H27BrN2O4/c1-4-31-19-12-8-16(9-13-19)21-20(22(28)17-6-10-18(25)11-7-17)23(29)24(30)27(21)15-5-14-26(2)3/h6-13,21,28H,4-5,14-15H2,1-3H3. The maximum atomic E-state index is 13.0. The lowest BCUT2D eigenvalue weighted by molar-refractivity contribution is -0.139. The molecule has 1 unspecified atom stereocenters. The van der Waals surface area contributed by atoms with Crippen LogP contribution in [0.25, 0.3) is 5.76 Å². The molecule has 1 saturated heterocycles. The molecule has 1 fully saturated rings. The van der Waals surface area contributed by atoms with Crippen LogP contribution in [0.1, 0.15) is 30.5 Å². The largest absolute Gasteiger partial charge is 0.507 e. The van der Waals surface area contributed by atoms with Gasteiger partial charge in [0.05, 0.1) is 18.2 Å². The van der Waals surface area contributed by atoms with E-state index in [1.54, 1.807) is 29.2 Å². The van der Waals surface area contributed by atoms with Crippen LogP contribution in [-0.4, -0.2) is 60.4 Å². The molecular weight excluding hydrogens is 460 g/mol. The fraction of sp³-hybridized carbons (Fsp3) is 0.333. The van der Waals surface area contributed by atoms with Gasteiger partial charge in [0.2, 0.25) is 0 Å². The Kier molecular flexibility index (Phi) is 7.51. The van der Waals surface area contributed by atoms with Crippen LogP contribution < -0.4 is 4.74 Å². The number of likely N-dealkylation sites (tertiary alicyclic amines) is 1. The molecule has 0 radical (unpaired) electrons. The first-order chi connectivity index (χ1) is 14.8. The second kappa shape index (κ2) is 10.1. The summed E-state index contributed by atoms with van der Waals surface area (Å²) in [6.07, 6.45) is 0.714. The van der Waals surface area contributed by atoms with Gasteiger partial charge < -0.3 is 19.6 Å². The highest BCUT2D eigenvalue weighted by Crippen LogP contribution is 2.40. The van der Waals surface area contributed by atoms with Crippen molar-refractivity contribution in [3.05, 3.63) is 69.7 Å². The van der Waals surface area contributed by atoms with E-state index < -0.39 is 17.7 Å². The SMILES string of the molecule is CCOc1ccc(C2C(=C(O)c3ccc(Br)cc3)C(=O)C(=O)N2CCCN(C)C)cc1. The van der Waals surface area contributed by atoms with E-state index in [1.807, 2.05) is 50.2 Å². The van der Waals surface area contributed by atoms with E-state index in [0.29, 0.717) is 30.9 Å². The number of carbonyl (C=O) groups excluding carboxylic acids is 2. The third-order valence-electron chi connectivity index (χ3n) is 5.17. The van der Waals surface area contributed by atoms with Gasteiger partial charge in [-0.25, -0.2) is 0 Å². The van der Waals surface area contributed by atoms with E-state index in [9.17, 15) is 14.7 Å². The zero-order valence-electron chi connectivity index (χ0n) is 18.0. The van der Waals surface area contributed by atoms with Gasteiger partial charge in [0, 0.05) is 16.6 Å². The number of aliphatic hydroxyl groups excluding tert-OH is 1. The Morgan fingerprint density at radius 1 is 1.10 bits per heavy atom. The number of Topliss-reactive ketones (excluding diaryl/α,β-unsaturated/α-hetero) is 1. The lowest BCUT2D eigenvalue weighted by atomic mass is 9.95. The Bertz CT molecular complexity index is 968. The molecule has 0 aromatic heterocycles. The first-order valence-corrected chi connectivity index (χ1v) is 11.0. The number of aliphatic hydroxyl groups is 1. The summed E-state index contributed by atoms with van der Waals surface area (Å²) in [7, 11) is 3.93. The highest BCUT2D eigenvalue weighted by atomic mass is 79.9. The number of hydrogen-bond donors (Lipinski definition) is 1. The Hall–Kier alpha value is -2.64. The van der Waals surface area contributed by atoms with Crippen molar-refractivity contribution in [1.82, 2.24) is 9.80 Å². The monoisotopic (exact) mass is 486 g/mol. The fourth-order valence-electron chi connectivity index (χ4n) is 3.69. The fourth-order valence-corrected chi connectivity index (χ4v) is 3.96. The molecule has 1 amide bonds. The summed E-state index contributed by atoms with van der Waals surface area (Å²) >= 11 is 3.37. The van der Waals surface area contributed by atoms with Gasteiger partial charge in [-0.15, -0.1) is 0 Å². The minimum Gasteiger partial charge on any atom is -0.507 e. The zero-order valence-corrected chi connectivity index (χ0v) is 19.6. The third-order valence-corrected chi connectivity index (χ3v) is 5.70. The van der Waals surface area contributed by atoms with Crippen molar-refractivity contribution >= 4 is 33.4 Å². The second-order valence-electron chi connectivity index (χ2n) is 7.66. The predicted molar refractivity (Wildman–Crippen MR) is 124 cm³/mol. The van der Waals surface area contributed by atoms with E-state index in [0.717, 1.165) is 16.6 Å². The molecule has 7 heteroatoms. The summed E-state index contributed by atoms with van der Waals surface area (Å²) < 4.78 is 6.38. The summed E-state index contributed by atoms with van der Waals surface area (Å²) in [6.45, 7) is 3.65. The first-order valence-electron chi connectivity index (χ1n) is 10.2. The first kappa shape index (κ1) is 23.0. The molecular formula is C24H27BrN2O4. The maximum Gasteiger partial charge on any atom is 0.295 e. The summed E-state index contributed by atoms with van der Waals surface area (Å²) in [5.41, 5.74) is 1.36. The number of benzene rings is 2. The molecule has 164 valence electrons. The Labute approximate surface area is 191 Å². The average Bonchev–Trinajstić information content (AvgIpc) is 2.99. The van der Waals surface area contributed by atoms with Crippen molar-refractivity contribution in [2.24, 2.45) is 0 Å². The molecule has 3 rings (SSSR count). The topological polar surface area (TPSA) is 70.1 Å². The third kappa shape index (κ3) is 5.17. The van der Waals surface area contributed by atoms with Crippen molar-refractivity contribution < 1.29 is 19.4 Å². The molecule has 2 aromatic carbocycles. The molecule has 1 heterocycles. The Morgan fingerprint density at radius 2 is 1.74 bits per heavy atom. The lowest BCUT2D eigenvalue weighted by Crippen LogP contribution is -2.32. The minimum absolute atomic E-state index is 0.112. The quantitative estimate of drug-likeness (QED) is 0.343. The average molecular weight is 487 g/mol. The highest BCUT2D eigenvalue weighted by molar-refractivity contribution is 9.10. The number of carbonyl (C=O) groups is 2. The van der Waals surface area contributed by atoms with Crippen LogP contribution in [0.4, 0.5) is 0 Å². The molecule has 1 aliphatic heterocycles. The van der Waals surface area contributed by atoms with Crippen LogP contribution in [-0.2, 0) is 9.59 Å². The van der Waals surface area contributed by atoms with Gasteiger partial charge in [0.1, 0.15) is 11.5 Å². The van der Waals surface area contributed by atoms with Gasteiger partial charge in [-0.2, -0.15) is 0 Å². The van der Waals surface area contributed by atoms with E-state index in [4.69, 9.17) is 4.74 Å². The smallest absolute Gasteiger partial charge is 0.295 e. The number of ketones is 1. The van der Waals surface area contributed by atoms with Crippen LogP contribution in [0.15, 0.2) is 58.6 Å². The van der Waals surface area contributed by atoms with Gasteiger partial charge in [-0.1, -0.05) is 40.2 Å². The molecule has 31 heavy (non-hydrogen) atoms. The maximum absolute atomic E-state index is 13.0. The Morgan fingerprint density at radius 3 is 2.32 bits per heavy atom. The predicted octanol–water partition coefficient (Wildman–Crippen LogP) is 4.22. The molecule has 0 bridgehead atoms. The summed E-state index contributed by atoms with van der Waals surface area (Å²) in [5, 5.41) is 11.0. The van der Waals surface area contributed by atoms with Gasteiger partial charge >= 0.3 is 0 Å². The number of nitrogens with zero attached hydrogens (tertiary/aromatic N) is 2. The van der Waals surface area contributed by atoms with E-state index in [1.165, 1.54) is 0 Å². The molecule has 0 spiro atoms. The molecule has 1 N–H and O–H groups in total. The summed E-state index contributed by atoms with van der Waals surface area (Å²) in [5.74, 6) is -0.705. The minimum atomic E-state index is -0.663. The van der Waals surface area contributed by atoms with Gasteiger partial charge in [-0.05, 0) is 63.8 Å². The van der Waals surface area contributed by atoms with Crippen molar-refractivity contribution in [1.29, 1.82) is 0 Å². The van der Waals surface area contributed by atoms with Crippen LogP contribution in [0.2, 0.25) is 0 Å². The van der Waals surface area contributed by atoms with Crippen molar-refractivity contribution in [2.45, 2.75) is 19.4 Å². The highest BCUT2D eigenvalue weighted by Gasteiger charge is 2.45. The molecule has 1 aliphatic rings. The van der Waals surface area contributed by atoms with Crippen molar-refractivity contribution in [3.8, 4) is 5.75 Å². The van der Waals surface area contributed by atoms with Crippen LogP contribution in [0.5, 0.6) is 5.75 Å². The molecule has 6 nitrogen and oxygen atoms in total. The molecule has 0 aliphatic carbocycles. The van der Waals surface area contributed by atoms with Crippen molar-refractivity contribution in [3.63, 3.8) is 0 Å². The normalized spacial score (nSPS) is 18.1. The van der Waals surface area contributed by atoms with E-state index in [2.05, 4.69) is 15.9 Å². The number of hydrogen-bond acceptors (Lipinski definition) is 5. The van der Waals surface area contributed by atoms with Crippen molar-refractivity contribution in [2.75, 3.05) is 33.8 Å². The second-order valence-corrected chi connectivity index (χ2v) is 8.57. The summed E-state index contributed by atoms with van der Waals surface area (Å²) in [6, 6.07) is 13.7. The van der Waals surface area contributed by atoms with Crippen LogP contribution >= 0.6 is 15.9 Å². The van der Waals surface area contributed by atoms with Crippen LogP contribution in [0, 0.1) is 0 Å². The van der Waals surface area contributed by atoms with Crippen LogP contribution in [0.3, 0.4) is 0 Å². The van der Waals surface area contributed by atoms with E-state index >= 15 is 0 Å². The number of amides is 1.